The van der Waals surface area contributed by atoms with E-state index in [0.29, 0.717) is 19.6 Å². The summed E-state index contributed by atoms with van der Waals surface area (Å²) in [6, 6.07) is 6.49. The van der Waals surface area contributed by atoms with Crippen LogP contribution in [0.15, 0.2) is 36.8 Å². The van der Waals surface area contributed by atoms with E-state index in [4.69, 9.17) is 4.74 Å². The lowest BCUT2D eigenvalue weighted by Gasteiger charge is -2.42. The van der Waals surface area contributed by atoms with Gasteiger partial charge in [0.25, 0.3) is 0 Å². The highest BCUT2D eigenvalue weighted by atomic mass is 19.1. The first-order valence-electron chi connectivity index (χ1n) is 8.35. The zero-order chi connectivity index (χ0) is 17.0. The third-order valence-electron chi connectivity index (χ3n) is 4.56. The van der Waals surface area contributed by atoms with Crippen molar-refractivity contribution in [3.63, 3.8) is 0 Å². The maximum absolute atomic E-state index is 13.4. The van der Waals surface area contributed by atoms with E-state index in [1.165, 1.54) is 12.1 Å². The number of aryl methyl sites for hydroxylation is 1. The van der Waals surface area contributed by atoms with Crippen LogP contribution in [-0.2, 0) is 24.2 Å². The Morgan fingerprint density at radius 2 is 2.29 bits per heavy atom. The molecule has 2 heterocycles. The molecule has 1 saturated heterocycles. The summed E-state index contributed by atoms with van der Waals surface area (Å²) in [5.41, 5.74) is 1.30. The Hall–Kier alpha value is -1.76. The maximum atomic E-state index is 13.4. The lowest BCUT2D eigenvalue weighted by Crippen LogP contribution is -2.55. The minimum atomic E-state index is -0.691. The first-order chi connectivity index (χ1) is 11.6. The number of aliphatic hydroxyl groups excluding tert-OH is 1. The van der Waals surface area contributed by atoms with Crippen molar-refractivity contribution in [3.05, 3.63) is 53.9 Å². The van der Waals surface area contributed by atoms with Crippen molar-refractivity contribution in [1.82, 2.24) is 14.5 Å². The third-order valence-corrected chi connectivity index (χ3v) is 4.56. The van der Waals surface area contributed by atoms with Gasteiger partial charge in [0.05, 0.1) is 25.2 Å². The number of hydrogen-bond donors (Lipinski definition) is 1. The molecular weight excluding hydrogens is 309 g/mol. The van der Waals surface area contributed by atoms with E-state index in [1.54, 1.807) is 6.07 Å². The molecule has 1 aliphatic heterocycles. The number of halogens is 1. The monoisotopic (exact) mass is 333 g/mol. The molecule has 0 saturated carbocycles. The van der Waals surface area contributed by atoms with Crippen LogP contribution in [0.25, 0.3) is 0 Å². The smallest absolute Gasteiger partial charge is 0.123 e. The SMILES string of the molecule is CCn1cncc1CN1CCO[C@@](CO)(Cc2cccc(F)c2)C1. The Balaban J connectivity index is 1.72. The fourth-order valence-electron chi connectivity index (χ4n) is 3.33. The van der Waals surface area contributed by atoms with E-state index < -0.39 is 5.60 Å². The molecule has 1 aromatic heterocycles. The Kier molecular flexibility index (Phi) is 5.28. The van der Waals surface area contributed by atoms with Crippen molar-refractivity contribution in [1.29, 1.82) is 0 Å². The van der Waals surface area contributed by atoms with E-state index in [9.17, 15) is 9.50 Å². The van der Waals surface area contributed by atoms with Crippen molar-refractivity contribution in [2.24, 2.45) is 0 Å². The second-order valence-electron chi connectivity index (χ2n) is 6.38. The third kappa shape index (κ3) is 3.83. The van der Waals surface area contributed by atoms with Crippen LogP contribution in [0, 0.1) is 5.82 Å². The van der Waals surface area contributed by atoms with Crippen LogP contribution in [0.4, 0.5) is 4.39 Å². The molecule has 24 heavy (non-hydrogen) atoms. The Morgan fingerprint density at radius 1 is 1.42 bits per heavy atom. The van der Waals surface area contributed by atoms with Crippen LogP contribution in [-0.4, -0.2) is 51.5 Å². The number of nitrogens with zero attached hydrogens (tertiary/aromatic N) is 3. The average molecular weight is 333 g/mol. The highest BCUT2D eigenvalue weighted by Crippen LogP contribution is 2.24. The van der Waals surface area contributed by atoms with Crippen molar-refractivity contribution in [2.75, 3.05) is 26.3 Å². The molecule has 0 spiro atoms. The van der Waals surface area contributed by atoms with Gasteiger partial charge < -0.3 is 14.4 Å². The molecule has 0 bridgehead atoms. The molecule has 1 atom stereocenters. The summed E-state index contributed by atoms with van der Waals surface area (Å²) in [6.45, 7) is 5.61. The van der Waals surface area contributed by atoms with Crippen LogP contribution in [0.2, 0.25) is 0 Å². The predicted octanol–water partition coefficient (Wildman–Crippen LogP) is 1.85. The van der Waals surface area contributed by atoms with Crippen LogP contribution >= 0.6 is 0 Å². The molecule has 0 amide bonds. The van der Waals surface area contributed by atoms with E-state index in [-0.39, 0.29) is 12.4 Å². The summed E-state index contributed by atoms with van der Waals surface area (Å²) < 4.78 is 21.5. The second-order valence-corrected chi connectivity index (χ2v) is 6.38. The Morgan fingerprint density at radius 3 is 3.04 bits per heavy atom. The van der Waals surface area contributed by atoms with Gasteiger partial charge in [-0.3, -0.25) is 4.90 Å². The van der Waals surface area contributed by atoms with E-state index in [0.717, 1.165) is 30.9 Å². The fourth-order valence-corrected chi connectivity index (χ4v) is 3.33. The van der Waals surface area contributed by atoms with Gasteiger partial charge in [0, 0.05) is 38.8 Å². The summed E-state index contributed by atoms with van der Waals surface area (Å²) >= 11 is 0. The average Bonchev–Trinajstić information content (AvgIpc) is 3.02. The van der Waals surface area contributed by atoms with Gasteiger partial charge in [-0.1, -0.05) is 12.1 Å². The number of morpholine rings is 1. The molecule has 0 radical (unpaired) electrons. The molecule has 1 aliphatic rings. The number of ether oxygens (including phenoxy) is 1. The van der Waals surface area contributed by atoms with Gasteiger partial charge in [0.2, 0.25) is 0 Å². The number of aromatic nitrogens is 2. The summed E-state index contributed by atoms with van der Waals surface area (Å²) in [5, 5.41) is 9.95. The Labute approximate surface area is 141 Å². The standard InChI is InChI=1S/C18H24FN3O2/c1-2-22-14-20-10-17(22)11-21-6-7-24-18(12-21,13-23)9-15-4-3-5-16(19)8-15/h3-5,8,10,14,23H,2,6-7,9,11-13H2,1H3/t18-/m0/s1. The lowest BCUT2D eigenvalue weighted by molar-refractivity contribution is -0.134. The molecule has 6 heteroatoms. The summed E-state index contributed by atoms with van der Waals surface area (Å²) in [5.74, 6) is -0.264. The first kappa shape index (κ1) is 17.1. The summed E-state index contributed by atoms with van der Waals surface area (Å²) in [7, 11) is 0. The van der Waals surface area contributed by atoms with Crippen LogP contribution in [0.5, 0.6) is 0 Å². The van der Waals surface area contributed by atoms with Crippen LogP contribution in [0.3, 0.4) is 0 Å². The zero-order valence-corrected chi connectivity index (χ0v) is 14.0. The molecule has 5 nitrogen and oxygen atoms in total. The molecule has 1 N–H and O–H groups in total. The maximum Gasteiger partial charge on any atom is 0.123 e. The second kappa shape index (κ2) is 7.42. The topological polar surface area (TPSA) is 50.5 Å². The molecule has 0 unspecified atom stereocenters. The number of benzene rings is 1. The van der Waals surface area contributed by atoms with Gasteiger partial charge in [-0.05, 0) is 24.6 Å². The number of rotatable bonds is 6. The first-order valence-corrected chi connectivity index (χ1v) is 8.35. The van der Waals surface area contributed by atoms with Gasteiger partial charge >= 0.3 is 0 Å². The van der Waals surface area contributed by atoms with E-state index >= 15 is 0 Å². The van der Waals surface area contributed by atoms with Crippen molar-refractivity contribution in [3.8, 4) is 0 Å². The van der Waals surface area contributed by atoms with Gasteiger partial charge in [0.1, 0.15) is 11.4 Å². The van der Waals surface area contributed by atoms with Crippen LogP contribution < -0.4 is 0 Å². The highest BCUT2D eigenvalue weighted by molar-refractivity contribution is 5.19. The van der Waals surface area contributed by atoms with Crippen molar-refractivity contribution >= 4 is 0 Å². The summed E-state index contributed by atoms with van der Waals surface area (Å²) in [6.07, 6.45) is 4.21. The van der Waals surface area contributed by atoms with Gasteiger partial charge in [-0.25, -0.2) is 9.37 Å². The number of hydrogen-bond acceptors (Lipinski definition) is 4. The van der Waals surface area contributed by atoms with Gasteiger partial charge in [-0.2, -0.15) is 0 Å². The molecule has 1 fully saturated rings. The summed E-state index contributed by atoms with van der Waals surface area (Å²) in [4.78, 5) is 6.47. The van der Waals surface area contributed by atoms with Crippen molar-refractivity contribution in [2.45, 2.75) is 32.0 Å². The van der Waals surface area contributed by atoms with Gasteiger partial charge in [-0.15, -0.1) is 0 Å². The molecule has 3 rings (SSSR count). The van der Waals surface area contributed by atoms with Gasteiger partial charge in [0.15, 0.2) is 0 Å². The predicted molar refractivity (Wildman–Crippen MR) is 89.1 cm³/mol. The molecule has 0 aliphatic carbocycles. The lowest BCUT2D eigenvalue weighted by atomic mass is 9.93. The van der Waals surface area contributed by atoms with Crippen LogP contribution in [0.1, 0.15) is 18.2 Å². The highest BCUT2D eigenvalue weighted by Gasteiger charge is 2.36. The fraction of sp³-hybridized carbons (Fsp3) is 0.500. The number of imidazole rings is 1. The quantitative estimate of drug-likeness (QED) is 0.876. The van der Waals surface area contributed by atoms with Crippen molar-refractivity contribution < 1.29 is 14.2 Å². The molecule has 1 aromatic carbocycles. The number of aliphatic hydroxyl groups is 1. The van der Waals surface area contributed by atoms with E-state index in [2.05, 4.69) is 21.4 Å². The minimum Gasteiger partial charge on any atom is -0.393 e. The zero-order valence-electron chi connectivity index (χ0n) is 14.0. The van der Waals surface area contributed by atoms with E-state index in [1.807, 2.05) is 18.6 Å². The molecule has 2 aromatic rings. The molecule has 130 valence electrons. The molecular formula is C18H24FN3O2. The Bertz CT molecular complexity index is 676. The minimum absolute atomic E-state index is 0.0902. The normalized spacial score (nSPS) is 22.0. The largest absolute Gasteiger partial charge is 0.393 e.